The quantitative estimate of drug-likeness (QED) is 0.324. The first-order valence-electron chi connectivity index (χ1n) is 11.4. The van der Waals surface area contributed by atoms with Crippen molar-refractivity contribution in [2.75, 3.05) is 13.9 Å². The molecule has 0 fully saturated rings. The third-order valence-corrected chi connectivity index (χ3v) is 5.78. The summed E-state index contributed by atoms with van der Waals surface area (Å²) in [5.74, 6) is 2.25. The van der Waals surface area contributed by atoms with Crippen LogP contribution < -0.4 is 24.3 Å². The van der Waals surface area contributed by atoms with Crippen LogP contribution in [0.3, 0.4) is 0 Å². The van der Waals surface area contributed by atoms with Crippen LogP contribution in [-0.2, 0) is 17.9 Å². The van der Waals surface area contributed by atoms with Gasteiger partial charge in [-0.15, -0.1) is 5.10 Å². The van der Waals surface area contributed by atoms with Crippen molar-refractivity contribution in [3.05, 3.63) is 94.8 Å². The Morgan fingerprint density at radius 2 is 1.92 bits per heavy atom. The van der Waals surface area contributed by atoms with Gasteiger partial charge in [0.05, 0.1) is 19.0 Å². The summed E-state index contributed by atoms with van der Waals surface area (Å²) in [6, 6.07) is 18.3. The number of carbonyl (C=O) groups is 1. The fourth-order valence-corrected chi connectivity index (χ4v) is 3.74. The Hall–Kier alpha value is -4.50. The van der Waals surface area contributed by atoms with E-state index < -0.39 is 0 Å². The molecule has 0 aliphatic carbocycles. The number of nitrogens with zero attached hydrogens (tertiary/aromatic N) is 3. The molecule has 1 N–H and O–H groups in total. The van der Waals surface area contributed by atoms with Gasteiger partial charge in [-0.2, -0.15) is 0 Å². The summed E-state index contributed by atoms with van der Waals surface area (Å²) < 4.78 is 23.7. The zero-order chi connectivity index (χ0) is 25.6. The summed E-state index contributed by atoms with van der Waals surface area (Å²) in [6.07, 6.45) is 4.98. The van der Waals surface area contributed by atoms with E-state index in [0.29, 0.717) is 40.3 Å². The number of halogens is 1. The maximum Gasteiger partial charge on any atom is 0.244 e. The van der Waals surface area contributed by atoms with Gasteiger partial charge in [-0.05, 0) is 65.7 Å². The Kier molecular flexibility index (Phi) is 7.23. The van der Waals surface area contributed by atoms with Crippen LogP contribution in [0.5, 0.6) is 23.0 Å². The van der Waals surface area contributed by atoms with Crippen molar-refractivity contribution in [2.24, 2.45) is 0 Å². The summed E-state index contributed by atoms with van der Waals surface area (Å²) >= 11 is 5.94. The van der Waals surface area contributed by atoms with Crippen LogP contribution in [0.4, 0.5) is 0 Å². The molecule has 0 unspecified atom stereocenters. The molecule has 1 aliphatic heterocycles. The van der Waals surface area contributed by atoms with Gasteiger partial charge in [0.15, 0.2) is 23.0 Å². The lowest BCUT2D eigenvalue weighted by Crippen LogP contribution is -2.20. The van der Waals surface area contributed by atoms with Gasteiger partial charge < -0.3 is 24.3 Å². The van der Waals surface area contributed by atoms with Crippen molar-refractivity contribution in [3.63, 3.8) is 0 Å². The van der Waals surface area contributed by atoms with Crippen molar-refractivity contribution in [1.29, 1.82) is 0 Å². The van der Waals surface area contributed by atoms with Crippen LogP contribution in [0, 0.1) is 0 Å². The highest BCUT2D eigenvalue weighted by atomic mass is 35.5. The van der Waals surface area contributed by atoms with E-state index in [2.05, 4.69) is 15.6 Å². The van der Waals surface area contributed by atoms with Crippen molar-refractivity contribution in [2.45, 2.75) is 13.2 Å². The lowest BCUT2D eigenvalue weighted by atomic mass is 10.2. The summed E-state index contributed by atoms with van der Waals surface area (Å²) in [5.41, 5.74) is 3.21. The number of methoxy groups -OCH3 is 1. The molecule has 1 aromatic heterocycles. The minimum absolute atomic E-state index is 0.211. The van der Waals surface area contributed by atoms with E-state index in [1.165, 1.54) is 6.08 Å². The minimum atomic E-state index is -0.222. The maximum atomic E-state index is 12.3. The first kappa shape index (κ1) is 24.2. The molecular weight excluding hydrogens is 496 g/mol. The molecule has 1 amide bonds. The molecule has 1 aliphatic rings. The average molecular weight is 519 g/mol. The standard InChI is InChI=1S/C27H23ClN4O5/c1-34-25-13-19(14-29-27(33)11-4-18-2-9-24-26(12-18)37-17-36-24)3-10-23(25)35-16-21-15-32(31-30-21)22-7-5-20(28)6-8-22/h2-13,15H,14,16-17H2,1H3,(H,29,33)/b11-4+. The van der Waals surface area contributed by atoms with E-state index in [0.717, 1.165) is 16.8 Å². The number of nitrogens with one attached hydrogen (secondary N) is 1. The van der Waals surface area contributed by atoms with Gasteiger partial charge in [0.1, 0.15) is 12.3 Å². The van der Waals surface area contributed by atoms with Crippen LogP contribution in [0.2, 0.25) is 5.02 Å². The summed E-state index contributed by atoms with van der Waals surface area (Å²) in [4.78, 5) is 12.3. The largest absolute Gasteiger partial charge is 0.493 e. The van der Waals surface area contributed by atoms with Crippen LogP contribution in [-0.4, -0.2) is 34.8 Å². The van der Waals surface area contributed by atoms with Crippen LogP contribution in [0.25, 0.3) is 11.8 Å². The number of fused-ring (bicyclic) bond motifs is 1. The Bertz CT molecular complexity index is 1440. The molecule has 0 saturated carbocycles. The molecule has 0 atom stereocenters. The van der Waals surface area contributed by atoms with Crippen molar-refractivity contribution >= 4 is 23.6 Å². The van der Waals surface area contributed by atoms with E-state index in [-0.39, 0.29) is 19.3 Å². The van der Waals surface area contributed by atoms with Gasteiger partial charge in [-0.25, -0.2) is 4.68 Å². The Morgan fingerprint density at radius 3 is 2.76 bits per heavy atom. The highest BCUT2D eigenvalue weighted by Gasteiger charge is 2.13. The van der Waals surface area contributed by atoms with Crippen LogP contribution in [0.1, 0.15) is 16.8 Å². The number of aromatic nitrogens is 3. The summed E-state index contributed by atoms with van der Waals surface area (Å²) in [6.45, 7) is 0.753. The number of rotatable bonds is 9. The monoisotopic (exact) mass is 518 g/mol. The first-order chi connectivity index (χ1) is 18.1. The summed E-state index contributed by atoms with van der Waals surface area (Å²) in [5, 5.41) is 11.8. The molecule has 37 heavy (non-hydrogen) atoms. The highest BCUT2D eigenvalue weighted by molar-refractivity contribution is 6.30. The summed E-state index contributed by atoms with van der Waals surface area (Å²) in [7, 11) is 1.56. The number of amides is 1. The van der Waals surface area contributed by atoms with E-state index >= 15 is 0 Å². The van der Waals surface area contributed by atoms with Gasteiger partial charge in [-0.3, -0.25) is 4.79 Å². The van der Waals surface area contributed by atoms with Gasteiger partial charge in [0.25, 0.3) is 0 Å². The molecule has 9 nitrogen and oxygen atoms in total. The second kappa shape index (κ2) is 11.0. The number of ether oxygens (including phenoxy) is 4. The van der Waals surface area contributed by atoms with E-state index in [1.54, 1.807) is 42.3 Å². The molecule has 4 aromatic rings. The van der Waals surface area contributed by atoms with E-state index in [9.17, 15) is 4.79 Å². The van der Waals surface area contributed by atoms with Crippen LogP contribution in [0.15, 0.2) is 72.9 Å². The smallest absolute Gasteiger partial charge is 0.244 e. The van der Waals surface area contributed by atoms with Gasteiger partial charge >= 0.3 is 0 Å². The average Bonchev–Trinajstić information content (AvgIpc) is 3.59. The van der Waals surface area contributed by atoms with Gasteiger partial charge in [0.2, 0.25) is 12.7 Å². The number of hydrogen-bond donors (Lipinski definition) is 1. The van der Waals surface area contributed by atoms with E-state index in [4.69, 9.17) is 30.5 Å². The molecule has 3 aromatic carbocycles. The Balaban J connectivity index is 1.15. The molecule has 0 bridgehead atoms. The predicted octanol–water partition coefficient (Wildman–Crippen LogP) is 4.57. The molecule has 0 saturated heterocycles. The maximum absolute atomic E-state index is 12.3. The Morgan fingerprint density at radius 1 is 1.08 bits per heavy atom. The highest BCUT2D eigenvalue weighted by Crippen LogP contribution is 2.33. The second-order valence-corrected chi connectivity index (χ2v) is 8.51. The topological polar surface area (TPSA) is 96.7 Å². The van der Waals surface area contributed by atoms with Gasteiger partial charge in [-0.1, -0.05) is 28.9 Å². The number of hydrogen-bond acceptors (Lipinski definition) is 7. The molecule has 10 heteroatoms. The fourth-order valence-electron chi connectivity index (χ4n) is 3.61. The molecule has 0 spiro atoms. The first-order valence-corrected chi connectivity index (χ1v) is 11.8. The normalized spacial score (nSPS) is 12.1. The van der Waals surface area contributed by atoms with E-state index in [1.807, 2.05) is 42.5 Å². The van der Waals surface area contributed by atoms with Crippen molar-refractivity contribution in [3.8, 4) is 28.7 Å². The van der Waals surface area contributed by atoms with Crippen molar-refractivity contribution < 1.29 is 23.7 Å². The number of benzene rings is 3. The third kappa shape index (κ3) is 6.02. The third-order valence-electron chi connectivity index (χ3n) is 5.53. The van der Waals surface area contributed by atoms with Gasteiger partial charge in [0, 0.05) is 17.6 Å². The Labute approximate surface area is 218 Å². The molecular formula is C27H23ClN4O5. The second-order valence-electron chi connectivity index (χ2n) is 8.07. The predicted molar refractivity (Wildman–Crippen MR) is 137 cm³/mol. The lowest BCUT2D eigenvalue weighted by molar-refractivity contribution is -0.116. The SMILES string of the molecule is COc1cc(CNC(=O)/C=C/c2ccc3c(c2)OCO3)ccc1OCc1cn(-c2ccc(Cl)cc2)nn1. The van der Waals surface area contributed by atoms with Crippen molar-refractivity contribution in [1.82, 2.24) is 20.3 Å². The molecule has 2 heterocycles. The lowest BCUT2D eigenvalue weighted by Gasteiger charge is -2.11. The zero-order valence-corrected chi connectivity index (χ0v) is 20.6. The molecule has 5 rings (SSSR count). The number of carbonyl (C=O) groups excluding carboxylic acids is 1. The minimum Gasteiger partial charge on any atom is -0.493 e. The van der Waals surface area contributed by atoms with Crippen LogP contribution >= 0.6 is 11.6 Å². The molecule has 0 radical (unpaired) electrons. The zero-order valence-electron chi connectivity index (χ0n) is 19.9. The fraction of sp³-hybridized carbons (Fsp3) is 0.148. The molecule has 188 valence electrons.